The van der Waals surface area contributed by atoms with Crippen LogP contribution < -0.4 is 11.1 Å². The molecule has 0 aliphatic carbocycles. The minimum atomic E-state index is -4.04. The molecule has 46 heavy (non-hydrogen) atoms. The topological polar surface area (TPSA) is 162 Å². The number of aromatic nitrogens is 2. The summed E-state index contributed by atoms with van der Waals surface area (Å²) in [7, 11) is -4.04. The summed E-state index contributed by atoms with van der Waals surface area (Å²) >= 11 is 2.41. The Balaban J connectivity index is 1.57. The predicted molar refractivity (Wildman–Crippen MR) is 181 cm³/mol. The summed E-state index contributed by atoms with van der Waals surface area (Å²) in [6.45, 7) is 12.2. The van der Waals surface area contributed by atoms with Crippen molar-refractivity contribution in [2.24, 2.45) is 11.8 Å². The maximum atomic E-state index is 14.0. The Morgan fingerprint density at radius 1 is 1.11 bits per heavy atom. The lowest BCUT2D eigenvalue weighted by molar-refractivity contribution is -0.128. The molecule has 1 aliphatic heterocycles. The van der Waals surface area contributed by atoms with Crippen LogP contribution in [0.25, 0.3) is 0 Å². The number of aryl methyl sites for hydroxylation is 2. The lowest BCUT2D eigenvalue weighted by Crippen LogP contribution is -2.57. The molecule has 0 bridgehead atoms. The van der Waals surface area contributed by atoms with Gasteiger partial charge in [0, 0.05) is 31.6 Å². The highest BCUT2D eigenvalue weighted by Crippen LogP contribution is 2.29. The number of carbonyl (C=O) groups is 2. The molecule has 4 rings (SSSR count). The average molecular weight is 692 g/mol. The number of carbonyl (C=O) groups excluding carboxylic acids is 2. The molecule has 3 aromatic rings. The molecule has 15 heteroatoms. The molecular formula is C31H45N7O5S3. The molecule has 1 fully saturated rings. The molecule has 0 saturated carbocycles. The van der Waals surface area contributed by atoms with Crippen LogP contribution in [0.4, 0.5) is 9.93 Å². The van der Waals surface area contributed by atoms with Crippen molar-refractivity contribution in [1.82, 2.24) is 29.4 Å². The van der Waals surface area contributed by atoms with E-state index in [0.29, 0.717) is 25.3 Å². The highest BCUT2D eigenvalue weighted by atomic mass is 32.2. The molecule has 0 spiro atoms. The van der Waals surface area contributed by atoms with Gasteiger partial charge in [-0.2, -0.15) is 4.31 Å². The number of aliphatic hydroxyl groups is 1. The van der Waals surface area contributed by atoms with Gasteiger partial charge in [0.15, 0.2) is 9.34 Å². The zero-order valence-electron chi connectivity index (χ0n) is 27.2. The Kier molecular flexibility index (Phi) is 11.8. The zero-order valence-corrected chi connectivity index (χ0v) is 29.7. The fraction of sp³-hybridized carbons (Fsp3) is 0.548. The van der Waals surface area contributed by atoms with Crippen molar-refractivity contribution in [2.45, 2.75) is 76.9 Å². The van der Waals surface area contributed by atoms with Gasteiger partial charge < -0.3 is 26.0 Å². The van der Waals surface area contributed by atoms with E-state index >= 15 is 0 Å². The molecule has 0 unspecified atom stereocenters. The maximum Gasteiger partial charge on any atom is 0.321 e. The maximum absolute atomic E-state index is 14.0. The molecule has 0 radical (unpaired) electrons. The Bertz CT molecular complexity index is 1590. The normalized spacial score (nSPS) is 16.1. The van der Waals surface area contributed by atoms with Gasteiger partial charge in [-0.1, -0.05) is 69.4 Å². The molecule has 3 amide bonds. The smallest absolute Gasteiger partial charge is 0.321 e. The third-order valence-electron chi connectivity index (χ3n) is 7.78. The molecule has 2 aromatic heterocycles. The van der Waals surface area contributed by atoms with E-state index in [9.17, 15) is 23.1 Å². The van der Waals surface area contributed by atoms with Crippen LogP contribution in [0.15, 0.2) is 39.9 Å². The number of amides is 3. The first-order chi connectivity index (χ1) is 21.7. The lowest BCUT2D eigenvalue weighted by Gasteiger charge is -2.34. The largest absolute Gasteiger partial charge is 0.390 e. The highest BCUT2D eigenvalue weighted by Gasteiger charge is 2.41. The highest BCUT2D eigenvalue weighted by molar-refractivity contribution is 7.91. The second-order valence-corrected chi connectivity index (χ2v) is 16.7. The lowest BCUT2D eigenvalue weighted by atomic mass is 9.97. The number of anilines is 1. The molecule has 1 saturated heterocycles. The number of hydrogen-bond acceptors (Lipinski definition) is 10. The number of nitrogen functional groups attached to an aromatic ring is 1. The number of aliphatic hydroxyl groups excluding tert-OH is 1. The second kappa shape index (κ2) is 15.2. The summed E-state index contributed by atoms with van der Waals surface area (Å²) in [5.41, 5.74) is 7.80. The van der Waals surface area contributed by atoms with Crippen LogP contribution in [-0.2, 0) is 27.8 Å². The van der Waals surface area contributed by atoms with Gasteiger partial charge in [0.05, 0.1) is 35.1 Å². The molecule has 1 aliphatic rings. The van der Waals surface area contributed by atoms with E-state index in [1.807, 2.05) is 70.3 Å². The zero-order chi connectivity index (χ0) is 33.8. The van der Waals surface area contributed by atoms with Crippen molar-refractivity contribution in [2.75, 3.05) is 31.9 Å². The molecule has 3 atom stereocenters. The van der Waals surface area contributed by atoms with Crippen molar-refractivity contribution in [3.63, 3.8) is 0 Å². The monoisotopic (exact) mass is 691 g/mol. The van der Waals surface area contributed by atoms with E-state index < -0.39 is 34.1 Å². The Hall–Kier alpha value is -3.11. The van der Waals surface area contributed by atoms with Gasteiger partial charge in [-0.15, -0.1) is 11.3 Å². The summed E-state index contributed by atoms with van der Waals surface area (Å²) in [6.07, 6.45) is -1.01. The average Bonchev–Trinajstić information content (AvgIpc) is 3.66. The van der Waals surface area contributed by atoms with Crippen molar-refractivity contribution in [3.05, 3.63) is 57.7 Å². The Morgan fingerprint density at radius 2 is 1.80 bits per heavy atom. The number of nitrogens with two attached hydrogens (primary N) is 1. The van der Waals surface area contributed by atoms with Crippen molar-refractivity contribution in [1.29, 1.82) is 0 Å². The van der Waals surface area contributed by atoms with Gasteiger partial charge in [0.1, 0.15) is 6.04 Å². The molecule has 12 nitrogen and oxygen atoms in total. The first kappa shape index (κ1) is 35.7. The summed E-state index contributed by atoms with van der Waals surface area (Å²) in [4.78, 5) is 39.4. The predicted octanol–water partition coefficient (Wildman–Crippen LogP) is 3.50. The molecular weight excluding hydrogens is 647 g/mol. The Morgan fingerprint density at radius 3 is 2.37 bits per heavy atom. The minimum Gasteiger partial charge on any atom is -0.390 e. The second-order valence-electron chi connectivity index (χ2n) is 12.5. The van der Waals surface area contributed by atoms with Crippen LogP contribution in [0.3, 0.4) is 0 Å². The van der Waals surface area contributed by atoms with Gasteiger partial charge in [0.2, 0.25) is 5.91 Å². The van der Waals surface area contributed by atoms with Crippen LogP contribution in [0, 0.1) is 25.7 Å². The number of benzene rings is 1. The number of urea groups is 1. The molecule has 4 N–H and O–H groups in total. The third kappa shape index (κ3) is 8.62. The fourth-order valence-electron chi connectivity index (χ4n) is 5.68. The fourth-order valence-corrected chi connectivity index (χ4v) is 9.34. The summed E-state index contributed by atoms with van der Waals surface area (Å²) in [5.74, 6) is -0.672. The van der Waals surface area contributed by atoms with Gasteiger partial charge >= 0.3 is 6.03 Å². The van der Waals surface area contributed by atoms with Gasteiger partial charge in [-0.05, 0) is 37.7 Å². The van der Waals surface area contributed by atoms with Gasteiger partial charge in [0.25, 0.3) is 10.0 Å². The molecule has 1 aromatic carbocycles. The van der Waals surface area contributed by atoms with Crippen LogP contribution in [-0.4, -0.2) is 93.9 Å². The standard InChI is InChI=1S/C31H45N7O5S3/c1-19(2)15-37(46(42,43)29-21(5)33-30(32)45-29)17-26(39)25(14-23-10-8-7-9-11-23)35-28(40)27(20(3)4)38-13-12-36(31(38)41)16-24-18-44-22(6)34-24/h7-11,18-20,25-27,39H,12-17H2,1-6H3,(H2,32,33)(H,35,40)/t25-,26+,27-/m0/s1. The van der Waals surface area contributed by atoms with E-state index in [4.69, 9.17) is 5.73 Å². The number of rotatable bonds is 15. The van der Waals surface area contributed by atoms with Crippen LogP contribution in [0.1, 0.15) is 49.7 Å². The van der Waals surface area contributed by atoms with Crippen molar-refractivity contribution < 1.29 is 23.1 Å². The van der Waals surface area contributed by atoms with Gasteiger partial charge in [-0.3, -0.25) is 4.79 Å². The SMILES string of the molecule is Cc1nc(CN2CCN([C@H](C(=O)N[C@@H](Cc3ccccc3)[C@H](O)CN(CC(C)C)S(=O)(=O)c3sc(N)nc3C)C(C)C)C2=O)cs1. The van der Waals surface area contributed by atoms with E-state index in [1.165, 1.54) is 15.6 Å². The number of nitrogens with zero attached hydrogens (tertiary/aromatic N) is 5. The minimum absolute atomic E-state index is 0.0336. The van der Waals surface area contributed by atoms with E-state index in [0.717, 1.165) is 27.6 Å². The Labute approximate surface area is 279 Å². The summed E-state index contributed by atoms with van der Waals surface area (Å²) in [5, 5.41) is 17.7. The van der Waals surface area contributed by atoms with Crippen LogP contribution in [0.5, 0.6) is 0 Å². The molecule has 3 heterocycles. The van der Waals surface area contributed by atoms with Crippen molar-refractivity contribution >= 4 is 49.8 Å². The van der Waals surface area contributed by atoms with Crippen molar-refractivity contribution in [3.8, 4) is 0 Å². The number of hydrogen-bond donors (Lipinski definition) is 3. The van der Waals surface area contributed by atoms with E-state index in [-0.39, 0.29) is 46.7 Å². The summed E-state index contributed by atoms with van der Waals surface area (Å²) < 4.78 is 28.9. The van der Waals surface area contributed by atoms with E-state index in [2.05, 4.69) is 15.3 Å². The molecule has 252 valence electrons. The summed E-state index contributed by atoms with van der Waals surface area (Å²) in [6, 6.07) is 7.50. The van der Waals surface area contributed by atoms with Crippen LogP contribution >= 0.6 is 22.7 Å². The van der Waals surface area contributed by atoms with E-state index in [1.54, 1.807) is 16.7 Å². The van der Waals surface area contributed by atoms with Crippen LogP contribution in [0.2, 0.25) is 0 Å². The number of sulfonamides is 1. The third-order valence-corrected chi connectivity index (χ3v) is 12.0. The number of nitrogens with one attached hydrogen (secondary N) is 1. The quantitative estimate of drug-likeness (QED) is 0.218. The number of thiazole rings is 2. The van der Waals surface area contributed by atoms with Gasteiger partial charge in [-0.25, -0.2) is 23.2 Å². The first-order valence-electron chi connectivity index (χ1n) is 15.4. The first-order valence-corrected chi connectivity index (χ1v) is 18.5.